The molecule has 4 atom stereocenters. The predicted molar refractivity (Wildman–Crippen MR) is 223 cm³/mol. The number of benzene rings is 3. The van der Waals surface area contributed by atoms with Crippen LogP contribution in [0.15, 0.2) is 119 Å². The van der Waals surface area contributed by atoms with E-state index in [0.717, 1.165) is 34.4 Å². The summed E-state index contributed by atoms with van der Waals surface area (Å²) < 4.78 is 14.0. The van der Waals surface area contributed by atoms with Gasteiger partial charge in [-0.05, 0) is 82.0 Å². The van der Waals surface area contributed by atoms with Crippen LogP contribution in [-0.2, 0) is 25.2 Å². The average molecular weight is 774 g/mol. The topological polar surface area (TPSA) is 96.3 Å². The van der Waals surface area contributed by atoms with Gasteiger partial charge in [0.1, 0.15) is 5.75 Å². The number of carbonyl (C=O) groups excluding carboxylic acids is 2. The first-order valence-electron chi connectivity index (χ1n) is 19.7. The molecule has 0 spiro atoms. The number of nitrogens with zero attached hydrogens (tertiary/aromatic N) is 1. The number of thiophene rings is 1. The SMILES string of the molecule is CCC/C(=C\c1ccccc1O)CC[C@H]1OB(O)C[C@H]2C1=C(CO[Si](c1ccccc1)(c1ccccc1)C(C)(C)C)C[C@H]1C(=O)N(Cc3cccs3)C(=O)[C@H]12. The van der Waals surface area contributed by atoms with Gasteiger partial charge in [0.2, 0.25) is 11.8 Å². The number of hydrogen-bond donors (Lipinski definition) is 2. The first-order valence-corrected chi connectivity index (χ1v) is 22.5. The smallest absolute Gasteiger partial charge is 0.455 e. The Morgan fingerprint density at radius 2 is 1.60 bits per heavy atom. The number of hydrogen-bond acceptors (Lipinski definition) is 7. The molecule has 2 aliphatic heterocycles. The molecule has 3 aliphatic rings. The van der Waals surface area contributed by atoms with Gasteiger partial charge in [-0.2, -0.15) is 0 Å². The highest BCUT2D eigenvalue weighted by Gasteiger charge is 2.58. The van der Waals surface area contributed by atoms with Gasteiger partial charge < -0.3 is 19.2 Å². The second kappa shape index (κ2) is 16.6. The van der Waals surface area contributed by atoms with Gasteiger partial charge in [-0.15, -0.1) is 11.3 Å². The molecule has 286 valence electrons. The van der Waals surface area contributed by atoms with E-state index in [4.69, 9.17) is 9.08 Å². The van der Waals surface area contributed by atoms with Crippen LogP contribution in [0.5, 0.6) is 5.75 Å². The number of para-hydroxylation sites is 1. The fourth-order valence-corrected chi connectivity index (χ4v) is 14.6. The maximum absolute atomic E-state index is 14.4. The van der Waals surface area contributed by atoms with Crippen LogP contribution < -0.4 is 10.4 Å². The lowest BCUT2D eigenvalue weighted by Gasteiger charge is -2.46. The Labute approximate surface area is 331 Å². The third-order valence-electron chi connectivity index (χ3n) is 11.8. The summed E-state index contributed by atoms with van der Waals surface area (Å²) in [6, 6.07) is 32.3. The molecule has 7 nitrogen and oxygen atoms in total. The van der Waals surface area contributed by atoms with Crippen LogP contribution in [0.25, 0.3) is 6.08 Å². The van der Waals surface area contributed by atoms with Gasteiger partial charge in [-0.25, -0.2) is 0 Å². The molecule has 0 unspecified atom stereocenters. The molecule has 10 heteroatoms. The second-order valence-corrected chi connectivity index (χ2v) is 21.6. The zero-order chi connectivity index (χ0) is 38.7. The van der Waals surface area contributed by atoms with Crippen LogP contribution in [0.2, 0.25) is 11.4 Å². The lowest BCUT2D eigenvalue weighted by molar-refractivity contribution is -0.140. The molecule has 2 N–H and O–H groups in total. The molecule has 2 fully saturated rings. The minimum absolute atomic E-state index is 0.140. The third-order valence-corrected chi connectivity index (χ3v) is 17.6. The van der Waals surface area contributed by atoms with Crippen LogP contribution in [-0.4, -0.2) is 55.0 Å². The highest BCUT2D eigenvalue weighted by atomic mass is 32.1. The molecule has 4 aromatic rings. The maximum Gasteiger partial charge on any atom is 0.455 e. The fourth-order valence-electron chi connectivity index (χ4n) is 9.37. The van der Waals surface area contributed by atoms with Crippen molar-refractivity contribution in [3.05, 3.63) is 130 Å². The van der Waals surface area contributed by atoms with Crippen molar-refractivity contribution in [2.45, 2.75) is 83.8 Å². The number of phenols is 1. The Hall–Kier alpha value is -4.06. The summed E-state index contributed by atoms with van der Waals surface area (Å²) in [5, 5.41) is 25.9. The average Bonchev–Trinajstić information content (AvgIpc) is 3.77. The molecule has 2 saturated heterocycles. The first-order chi connectivity index (χ1) is 26.5. The summed E-state index contributed by atoms with van der Waals surface area (Å²) in [4.78, 5) is 31.1. The summed E-state index contributed by atoms with van der Waals surface area (Å²) in [6.07, 6.45) is 5.32. The Morgan fingerprint density at radius 1 is 0.927 bits per heavy atom. The molecule has 1 aliphatic carbocycles. The van der Waals surface area contributed by atoms with E-state index in [2.05, 4.69) is 82.3 Å². The van der Waals surface area contributed by atoms with E-state index >= 15 is 0 Å². The standard InChI is InChI=1S/C45H52BNO6SSi/c1-5-15-31(26-32-16-12-13-22-39(32)48)23-24-40-41-33(30-52-55(45(2,3)4,35-18-8-6-9-19-35)36-20-10-7-11-21-36)27-37-42(38(41)28-46(51)53-40)44(50)47(43(37)49)29-34-17-14-25-54-34/h6-14,16-22,25-26,37-38,40,42,48,51H,5,15,23-24,27-30H2,1-4H3/b31-26+/t37-,38+,40-,42-/m1/s1. The molecule has 2 amide bonds. The number of aromatic hydroxyl groups is 1. The molecule has 7 rings (SSSR count). The minimum atomic E-state index is -2.96. The van der Waals surface area contributed by atoms with Gasteiger partial charge in [-0.3, -0.25) is 14.5 Å². The van der Waals surface area contributed by atoms with Crippen molar-refractivity contribution >= 4 is 55.0 Å². The summed E-state index contributed by atoms with van der Waals surface area (Å²) in [5.74, 6) is -1.50. The van der Waals surface area contributed by atoms with Crippen molar-refractivity contribution in [3.8, 4) is 5.75 Å². The van der Waals surface area contributed by atoms with Gasteiger partial charge in [0, 0.05) is 10.4 Å². The van der Waals surface area contributed by atoms with Crippen LogP contribution in [0.3, 0.4) is 0 Å². The first kappa shape index (κ1) is 39.2. The second-order valence-electron chi connectivity index (χ2n) is 16.3. The normalized spacial score (nSPS) is 21.9. The minimum Gasteiger partial charge on any atom is -0.507 e. The maximum atomic E-state index is 14.4. The Balaban J connectivity index is 1.30. The van der Waals surface area contributed by atoms with Crippen molar-refractivity contribution in [2.75, 3.05) is 6.61 Å². The van der Waals surface area contributed by atoms with E-state index in [1.807, 2.05) is 47.8 Å². The van der Waals surface area contributed by atoms with Gasteiger partial charge in [-0.1, -0.05) is 131 Å². The van der Waals surface area contributed by atoms with E-state index in [1.165, 1.54) is 20.8 Å². The number of phenolic OH excluding ortho intramolecular Hbond substituents is 1. The number of rotatable bonds is 13. The van der Waals surface area contributed by atoms with Gasteiger partial charge in [0.25, 0.3) is 8.32 Å². The highest BCUT2D eigenvalue weighted by Crippen LogP contribution is 2.51. The molecule has 1 aromatic heterocycles. The van der Waals surface area contributed by atoms with Crippen LogP contribution >= 0.6 is 11.3 Å². The third kappa shape index (κ3) is 7.85. The highest BCUT2D eigenvalue weighted by molar-refractivity contribution is 7.09. The van der Waals surface area contributed by atoms with Crippen molar-refractivity contribution < 1.29 is 28.8 Å². The van der Waals surface area contributed by atoms with Gasteiger partial charge >= 0.3 is 7.12 Å². The molecule has 0 radical (unpaired) electrons. The van der Waals surface area contributed by atoms with Gasteiger partial charge in [0.15, 0.2) is 0 Å². The summed E-state index contributed by atoms with van der Waals surface area (Å²) in [7, 11) is -4.03. The van der Waals surface area contributed by atoms with Crippen LogP contribution in [0, 0.1) is 17.8 Å². The lowest BCUT2D eigenvalue weighted by Crippen LogP contribution is -2.66. The lowest BCUT2D eigenvalue weighted by atomic mass is 9.58. The van der Waals surface area contributed by atoms with E-state index in [9.17, 15) is 19.7 Å². The van der Waals surface area contributed by atoms with Gasteiger partial charge in [0.05, 0.1) is 31.1 Å². The summed E-state index contributed by atoms with van der Waals surface area (Å²) in [6.45, 7) is 9.47. The summed E-state index contributed by atoms with van der Waals surface area (Å²) in [5.41, 5.74) is 3.98. The van der Waals surface area contributed by atoms with E-state index in [0.29, 0.717) is 25.9 Å². The quantitative estimate of drug-likeness (QED) is 0.0813. The fraction of sp³-hybridized carbons (Fsp3) is 0.378. The molecule has 55 heavy (non-hydrogen) atoms. The molecule has 0 saturated carbocycles. The number of allylic oxidation sites excluding steroid dienone is 1. The zero-order valence-electron chi connectivity index (χ0n) is 32.3. The zero-order valence-corrected chi connectivity index (χ0v) is 34.1. The van der Waals surface area contributed by atoms with Crippen molar-refractivity contribution in [1.29, 1.82) is 0 Å². The van der Waals surface area contributed by atoms with Crippen molar-refractivity contribution in [3.63, 3.8) is 0 Å². The van der Waals surface area contributed by atoms with Crippen LogP contribution in [0.4, 0.5) is 0 Å². The summed E-state index contributed by atoms with van der Waals surface area (Å²) >= 11 is 1.54. The molecular weight excluding hydrogens is 721 g/mol. The van der Waals surface area contributed by atoms with Crippen molar-refractivity contribution in [2.24, 2.45) is 17.8 Å². The number of carbonyl (C=O) groups is 2. The largest absolute Gasteiger partial charge is 0.507 e. The number of likely N-dealkylation sites (tertiary alicyclic amines) is 1. The molecule has 3 heterocycles. The van der Waals surface area contributed by atoms with E-state index in [1.54, 1.807) is 17.4 Å². The Bertz CT molecular complexity index is 1990. The van der Waals surface area contributed by atoms with E-state index < -0.39 is 33.4 Å². The molecular formula is C45H52BNO6SSi. The predicted octanol–water partition coefficient (Wildman–Crippen LogP) is 7.99. The molecule has 0 bridgehead atoms. The number of fused-ring (bicyclic) bond motifs is 3. The number of amides is 2. The van der Waals surface area contributed by atoms with Crippen LogP contribution in [0.1, 0.15) is 70.2 Å². The van der Waals surface area contributed by atoms with E-state index in [-0.39, 0.29) is 41.4 Å². The Morgan fingerprint density at radius 3 is 2.22 bits per heavy atom. The van der Waals surface area contributed by atoms with Crippen molar-refractivity contribution in [1.82, 2.24) is 4.90 Å². The monoisotopic (exact) mass is 773 g/mol. The molecule has 3 aromatic carbocycles. The Kier molecular flexibility index (Phi) is 11.8. The number of imide groups is 1.